The summed E-state index contributed by atoms with van der Waals surface area (Å²) in [7, 11) is -12.4. The highest BCUT2D eigenvalue weighted by Gasteiger charge is 2.60. The summed E-state index contributed by atoms with van der Waals surface area (Å²) in [6.07, 6.45) is 3.49. The quantitative estimate of drug-likeness (QED) is 0.300. The van der Waals surface area contributed by atoms with Crippen LogP contribution in [0.25, 0.3) is 12.2 Å². The lowest BCUT2D eigenvalue weighted by atomic mass is 10.2. The zero-order chi connectivity index (χ0) is 22.5. The Labute approximate surface area is 171 Å². The first-order chi connectivity index (χ1) is 13.9. The fraction of sp³-hybridized carbons (Fsp3) is 0. The number of rotatable bonds is 9. The van der Waals surface area contributed by atoms with Crippen LogP contribution >= 0.6 is 13.6 Å². The maximum absolute atomic E-state index is 12.9. The van der Waals surface area contributed by atoms with Crippen molar-refractivity contribution in [3.63, 3.8) is 0 Å². The zero-order valence-corrected chi connectivity index (χ0v) is 18.4. The average Bonchev–Trinajstić information content (AvgIpc) is 2.68. The van der Waals surface area contributed by atoms with E-state index in [0.717, 1.165) is 12.2 Å². The lowest BCUT2D eigenvalue weighted by Crippen LogP contribution is -2.16. The lowest BCUT2D eigenvalue weighted by molar-refractivity contribution is 0.346. The van der Waals surface area contributed by atoms with E-state index in [9.17, 15) is 26.0 Å². The summed E-state index contributed by atoms with van der Waals surface area (Å²) >= 11 is 0. The molecule has 0 aliphatic heterocycles. The van der Waals surface area contributed by atoms with Gasteiger partial charge in [-0.1, -0.05) is 60.7 Å². The van der Waals surface area contributed by atoms with E-state index >= 15 is 0 Å². The van der Waals surface area contributed by atoms with Crippen molar-refractivity contribution in [2.45, 2.75) is 0 Å². The van der Waals surface area contributed by atoms with Crippen LogP contribution in [0, 0.1) is 0 Å². The highest BCUT2D eigenvalue weighted by molar-refractivity contribution is 9.04. The maximum Gasteiger partial charge on any atom is 0.563 e. The van der Waals surface area contributed by atoms with Gasteiger partial charge >= 0.3 is 30.6 Å². The first-order valence-electron chi connectivity index (χ1n) is 7.87. The van der Waals surface area contributed by atoms with Crippen LogP contribution in [0.1, 0.15) is 11.1 Å². The fourth-order valence-electron chi connectivity index (χ4n) is 1.86. The van der Waals surface area contributed by atoms with E-state index in [1.165, 1.54) is 0 Å². The van der Waals surface area contributed by atoms with Crippen LogP contribution in [-0.2, 0) is 35.2 Å². The molecule has 0 saturated heterocycles. The van der Waals surface area contributed by atoms with E-state index in [2.05, 4.69) is 9.05 Å². The number of hydrogen-bond acceptors (Lipinski definition) is 8. The predicted molar refractivity (Wildman–Crippen MR) is 111 cm³/mol. The molecule has 2 rings (SSSR count). The molecule has 0 heterocycles. The summed E-state index contributed by atoms with van der Waals surface area (Å²) in [6, 6.07) is 16.2. The smallest absolute Gasteiger partial charge is 0.413 e. The minimum absolute atomic E-state index is 0.471. The molecule has 0 bridgehead atoms. The minimum Gasteiger partial charge on any atom is -0.413 e. The van der Waals surface area contributed by atoms with E-state index in [1.807, 2.05) is 0 Å². The van der Waals surface area contributed by atoms with Gasteiger partial charge in [-0.05, 0) is 23.3 Å². The summed E-state index contributed by atoms with van der Waals surface area (Å²) in [5, 5.41) is 0. The largest absolute Gasteiger partial charge is 0.563 e. The van der Waals surface area contributed by atoms with Crippen molar-refractivity contribution < 1.29 is 44.8 Å². The molecule has 0 amide bonds. The Hall–Kier alpha value is -2.20. The second kappa shape index (κ2) is 9.30. The fourth-order valence-corrected chi connectivity index (χ4v) is 14.8. The van der Waals surface area contributed by atoms with Crippen LogP contribution in [0.2, 0.25) is 0 Å². The first kappa shape index (κ1) is 24.1. The van der Waals surface area contributed by atoms with Crippen molar-refractivity contribution >= 4 is 42.7 Å². The molecule has 14 heteroatoms. The van der Waals surface area contributed by atoms with Gasteiger partial charge < -0.3 is 18.8 Å². The van der Waals surface area contributed by atoms with Gasteiger partial charge in [0.05, 0.1) is 12.5 Å². The normalized spacial score (nSPS) is 15.1. The molecule has 2 aromatic carbocycles. The first-order valence-corrected chi connectivity index (χ1v) is 15.7. The zero-order valence-electron chi connectivity index (χ0n) is 15.0. The maximum atomic E-state index is 12.9. The molecule has 0 unspecified atom stereocenters. The van der Waals surface area contributed by atoms with Gasteiger partial charge in [0.2, 0.25) is 0 Å². The molecule has 10 nitrogen and oxygen atoms in total. The number of hydrogen-bond donors (Lipinski definition) is 2. The molecule has 30 heavy (non-hydrogen) atoms. The summed E-state index contributed by atoms with van der Waals surface area (Å²) in [6.45, 7) is -12.0. The SMILES string of the molecule is O=P(O)(O)S(=O)(=O)S(=O)(=O)P(=O)(OC=Cc1ccccc1)OC=Cc1ccccc1. The third-order valence-electron chi connectivity index (χ3n) is 3.33. The van der Waals surface area contributed by atoms with Crippen molar-refractivity contribution in [2.24, 2.45) is 0 Å². The minimum atomic E-state index is -6.27. The lowest BCUT2D eigenvalue weighted by Gasteiger charge is -2.16. The Bertz CT molecular complexity index is 1180. The highest BCUT2D eigenvalue weighted by atomic mass is 33.5. The Morgan fingerprint density at radius 3 is 1.37 bits per heavy atom. The van der Waals surface area contributed by atoms with Crippen LogP contribution in [0.15, 0.2) is 73.2 Å². The molecule has 2 aromatic rings. The Morgan fingerprint density at radius 2 is 1.03 bits per heavy atom. The van der Waals surface area contributed by atoms with Crippen molar-refractivity contribution in [1.29, 1.82) is 0 Å². The van der Waals surface area contributed by atoms with Gasteiger partial charge in [-0.2, -0.15) is 16.8 Å². The molecule has 0 aromatic heterocycles. The second-order valence-corrected chi connectivity index (χ2v) is 19.2. The number of benzene rings is 2. The molecule has 0 radical (unpaired) electrons. The van der Waals surface area contributed by atoms with Crippen molar-refractivity contribution in [2.75, 3.05) is 0 Å². The van der Waals surface area contributed by atoms with E-state index in [-0.39, 0.29) is 0 Å². The van der Waals surface area contributed by atoms with E-state index in [1.54, 1.807) is 60.7 Å². The van der Waals surface area contributed by atoms with Crippen LogP contribution in [0.3, 0.4) is 0 Å². The summed E-state index contributed by atoms with van der Waals surface area (Å²) in [5.74, 6) is 0. The van der Waals surface area contributed by atoms with Gasteiger partial charge in [-0.3, -0.25) is 0 Å². The molecule has 0 aliphatic carbocycles. The van der Waals surface area contributed by atoms with Crippen LogP contribution < -0.4 is 0 Å². The van der Waals surface area contributed by atoms with Gasteiger partial charge in [0.1, 0.15) is 0 Å². The molecule has 2 N–H and O–H groups in total. The third-order valence-corrected chi connectivity index (χ3v) is 19.2. The van der Waals surface area contributed by atoms with E-state index < -0.39 is 30.6 Å². The standard InChI is InChI=1S/C16H16O10P2S2/c17-27(18,19)29(21,22)30(23,24)28(20,25-13-11-15-7-3-1-4-8-15)26-14-12-16-9-5-2-6-10-16/h1-14H,(H2,17,18,19). The predicted octanol–water partition coefficient (Wildman–Crippen LogP) is 3.31. The van der Waals surface area contributed by atoms with Gasteiger partial charge in [-0.15, -0.1) is 0 Å². The molecule has 0 aliphatic rings. The molecule has 0 atom stereocenters. The van der Waals surface area contributed by atoms with E-state index in [4.69, 9.17) is 9.79 Å². The summed E-state index contributed by atoms with van der Waals surface area (Å²) in [5.41, 5.74) is 0.943. The van der Waals surface area contributed by atoms with Gasteiger partial charge in [0, 0.05) is 0 Å². The highest BCUT2D eigenvalue weighted by Crippen LogP contribution is 2.64. The van der Waals surface area contributed by atoms with Crippen LogP contribution in [-0.4, -0.2) is 26.6 Å². The van der Waals surface area contributed by atoms with Crippen molar-refractivity contribution in [3.05, 3.63) is 84.3 Å². The topological polar surface area (TPSA) is 161 Å². The third kappa shape index (κ3) is 5.28. The van der Waals surface area contributed by atoms with Gasteiger partial charge in [-0.25, -0.2) is 9.13 Å². The average molecular weight is 494 g/mol. The molecule has 0 spiro atoms. The summed E-state index contributed by atoms with van der Waals surface area (Å²) < 4.78 is 81.7. The Balaban J connectivity index is 2.43. The monoisotopic (exact) mass is 494 g/mol. The Morgan fingerprint density at radius 1 is 0.667 bits per heavy atom. The molecule has 0 fully saturated rings. The van der Waals surface area contributed by atoms with Gasteiger partial charge in [0.15, 0.2) is 0 Å². The van der Waals surface area contributed by atoms with Crippen molar-refractivity contribution in [3.8, 4) is 0 Å². The van der Waals surface area contributed by atoms with Crippen LogP contribution in [0.4, 0.5) is 0 Å². The van der Waals surface area contributed by atoms with Crippen LogP contribution in [0.5, 0.6) is 0 Å². The molecule has 162 valence electrons. The molecular formula is C16H16O10P2S2. The van der Waals surface area contributed by atoms with Crippen molar-refractivity contribution in [1.82, 2.24) is 0 Å². The van der Waals surface area contributed by atoms with E-state index in [0.29, 0.717) is 23.7 Å². The molecular weight excluding hydrogens is 478 g/mol. The molecule has 0 saturated carbocycles. The van der Waals surface area contributed by atoms with Gasteiger partial charge in [0.25, 0.3) is 0 Å². The Kier molecular flexibility index (Phi) is 7.46. The second-order valence-electron chi connectivity index (χ2n) is 5.43. The summed E-state index contributed by atoms with van der Waals surface area (Å²) in [4.78, 5) is 17.9.